The maximum Gasteiger partial charge on any atom is 0.0300 e. The van der Waals surface area contributed by atoms with Gasteiger partial charge >= 0.3 is 0 Å². The third-order valence-corrected chi connectivity index (χ3v) is 4.15. The molecule has 1 aliphatic rings. The molecule has 2 rings (SSSR count). The summed E-state index contributed by atoms with van der Waals surface area (Å²) in [5, 5.41) is 3.73. The van der Waals surface area contributed by atoms with Gasteiger partial charge in [-0.1, -0.05) is 20.3 Å². The SMILES string of the molecule is Cc1cnccc1CNC1CC(C)CCC1C. The second-order valence-electron chi connectivity index (χ2n) is 5.69. The fourth-order valence-electron chi connectivity index (χ4n) is 2.76. The Balaban J connectivity index is 1.91. The zero-order valence-electron chi connectivity index (χ0n) is 11.2. The summed E-state index contributed by atoms with van der Waals surface area (Å²) in [6, 6.07) is 2.81. The van der Waals surface area contributed by atoms with Crippen LogP contribution in [0.1, 0.15) is 44.2 Å². The number of nitrogens with one attached hydrogen (secondary N) is 1. The lowest BCUT2D eigenvalue weighted by atomic mass is 9.80. The van der Waals surface area contributed by atoms with Gasteiger partial charge in [-0.25, -0.2) is 0 Å². The van der Waals surface area contributed by atoms with E-state index in [0.29, 0.717) is 6.04 Å². The second-order valence-corrected chi connectivity index (χ2v) is 5.69. The van der Waals surface area contributed by atoms with E-state index in [1.165, 1.54) is 30.4 Å². The maximum atomic E-state index is 4.14. The molecule has 1 saturated carbocycles. The molecule has 94 valence electrons. The third-order valence-electron chi connectivity index (χ3n) is 4.15. The van der Waals surface area contributed by atoms with Crippen LogP contribution in [0, 0.1) is 18.8 Å². The first-order valence-electron chi connectivity index (χ1n) is 6.79. The molecule has 2 nitrogen and oxygen atoms in total. The van der Waals surface area contributed by atoms with Gasteiger partial charge < -0.3 is 5.32 Å². The highest BCUT2D eigenvalue weighted by Crippen LogP contribution is 2.28. The number of pyridine rings is 1. The number of aromatic nitrogens is 1. The van der Waals surface area contributed by atoms with Crippen LogP contribution in [0.3, 0.4) is 0 Å². The summed E-state index contributed by atoms with van der Waals surface area (Å²) in [4.78, 5) is 4.14. The third kappa shape index (κ3) is 3.29. The summed E-state index contributed by atoms with van der Waals surface area (Å²) in [7, 11) is 0. The number of aryl methyl sites for hydroxylation is 1. The van der Waals surface area contributed by atoms with Gasteiger partial charge in [0.15, 0.2) is 0 Å². The van der Waals surface area contributed by atoms with Gasteiger partial charge in [-0.05, 0) is 48.8 Å². The van der Waals surface area contributed by atoms with Gasteiger partial charge in [0.05, 0.1) is 0 Å². The van der Waals surface area contributed by atoms with Crippen LogP contribution in [-0.4, -0.2) is 11.0 Å². The van der Waals surface area contributed by atoms with Gasteiger partial charge in [-0.15, -0.1) is 0 Å². The lowest BCUT2D eigenvalue weighted by Gasteiger charge is -2.33. The van der Waals surface area contributed by atoms with Gasteiger partial charge in [0.2, 0.25) is 0 Å². The summed E-state index contributed by atoms with van der Waals surface area (Å²) in [6.07, 6.45) is 7.92. The van der Waals surface area contributed by atoms with E-state index in [0.717, 1.165) is 18.4 Å². The number of hydrogen-bond acceptors (Lipinski definition) is 2. The molecule has 1 fully saturated rings. The molecule has 0 amide bonds. The summed E-state index contributed by atoms with van der Waals surface area (Å²) in [5.74, 6) is 1.69. The van der Waals surface area contributed by atoms with Crippen molar-refractivity contribution in [1.82, 2.24) is 10.3 Å². The minimum Gasteiger partial charge on any atom is -0.310 e. The highest BCUT2D eigenvalue weighted by Gasteiger charge is 2.24. The second kappa shape index (κ2) is 5.63. The molecule has 2 heteroatoms. The fraction of sp³-hybridized carbons (Fsp3) is 0.667. The highest BCUT2D eigenvalue weighted by atomic mass is 14.9. The number of rotatable bonds is 3. The van der Waals surface area contributed by atoms with Gasteiger partial charge in [0, 0.05) is 25.0 Å². The average molecular weight is 232 g/mol. The average Bonchev–Trinajstić information content (AvgIpc) is 2.32. The van der Waals surface area contributed by atoms with E-state index in [9.17, 15) is 0 Å². The predicted octanol–water partition coefficient (Wildman–Crippen LogP) is 3.30. The van der Waals surface area contributed by atoms with Gasteiger partial charge in [0.25, 0.3) is 0 Å². The zero-order valence-corrected chi connectivity index (χ0v) is 11.2. The van der Waals surface area contributed by atoms with Crippen LogP contribution >= 0.6 is 0 Å². The monoisotopic (exact) mass is 232 g/mol. The molecule has 0 aliphatic heterocycles. The van der Waals surface area contributed by atoms with E-state index in [2.05, 4.69) is 37.1 Å². The molecule has 0 saturated heterocycles. The molecular weight excluding hydrogens is 208 g/mol. The van der Waals surface area contributed by atoms with Crippen molar-refractivity contribution in [2.24, 2.45) is 11.8 Å². The quantitative estimate of drug-likeness (QED) is 0.865. The Morgan fingerprint density at radius 3 is 2.94 bits per heavy atom. The van der Waals surface area contributed by atoms with Crippen molar-refractivity contribution in [2.45, 2.75) is 52.6 Å². The summed E-state index contributed by atoms with van der Waals surface area (Å²) >= 11 is 0. The first kappa shape index (κ1) is 12.6. The van der Waals surface area contributed by atoms with Crippen molar-refractivity contribution in [2.75, 3.05) is 0 Å². The van der Waals surface area contributed by atoms with Crippen LogP contribution in [0.25, 0.3) is 0 Å². The van der Waals surface area contributed by atoms with Crippen LogP contribution < -0.4 is 5.32 Å². The van der Waals surface area contributed by atoms with E-state index in [1.807, 2.05) is 12.4 Å². The predicted molar refractivity (Wildman–Crippen MR) is 71.8 cm³/mol. The van der Waals surface area contributed by atoms with Gasteiger partial charge in [0.1, 0.15) is 0 Å². The molecule has 0 aromatic carbocycles. The molecule has 1 aliphatic carbocycles. The molecule has 17 heavy (non-hydrogen) atoms. The van der Waals surface area contributed by atoms with Crippen LogP contribution in [0.15, 0.2) is 18.5 Å². The molecule has 1 aromatic rings. The Morgan fingerprint density at radius 2 is 2.18 bits per heavy atom. The molecule has 0 radical (unpaired) electrons. The molecular formula is C15H24N2. The highest BCUT2D eigenvalue weighted by molar-refractivity contribution is 5.21. The van der Waals surface area contributed by atoms with Crippen LogP contribution in [0.4, 0.5) is 0 Å². The van der Waals surface area contributed by atoms with Crippen molar-refractivity contribution in [3.05, 3.63) is 29.6 Å². The largest absolute Gasteiger partial charge is 0.310 e. The molecule has 1 aromatic heterocycles. The zero-order chi connectivity index (χ0) is 12.3. The molecule has 1 N–H and O–H groups in total. The van der Waals surface area contributed by atoms with E-state index >= 15 is 0 Å². The first-order chi connectivity index (χ1) is 8.16. The van der Waals surface area contributed by atoms with Gasteiger partial charge in [-0.3, -0.25) is 4.98 Å². The van der Waals surface area contributed by atoms with Crippen molar-refractivity contribution < 1.29 is 0 Å². The number of nitrogens with zero attached hydrogens (tertiary/aromatic N) is 1. The van der Waals surface area contributed by atoms with E-state index < -0.39 is 0 Å². The molecule has 0 bridgehead atoms. The van der Waals surface area contributed by atoms with Crippen LogP contribution in [0.5, 0.6) is 0 Å². The summed E-state index contributed by atoms with van der Waals surface area (Å²) in [6.45, 7) is 7.87. The van der Waals surface area contributed by atoms with Crippen LogP contribution in [-0.2, 0) is 6.54 Å². The molecule has 1 heterocycles. The summed E-state index contributed by atoms with van der Waals surface area (Å²) in [5.41, 5.74) is 2.67. The summed E-state index contributed by atoms with van der Waals surface area (Å²) < 4.78 is 0. The standard InChI is InChI=1S/C15H24N2/c1-11-4-5-12(2)15(8-11)17-10-14-6-7-16-9-13(14)3/h6-7,9,11-12,15,17H,4-5,8,10H2,1-3H3. The van der Waals surface area contributed by atoms with Crippen molar-refractivity contribution in [1.29, 1.82) is 0 Å². The first-order valence-corrected chi connectivity index (χ1v) is 6.79. The minimum atomic E-state index is 0.686. The topological polar surface area (TPSA) is 24.9 Å². The van der Waals surface area contributed by atoms with Crippen molar-refractivity contribution in [3.63, 3.8) is 0 Å². The Morgan fingerprint density at radius 1 is 1.35 bits per heavy atom. The Kier molecular flexibility index (Phi) is 4.16. The van der Waals surface area contributed by atoms with Crippen molar-refractivity contribution in [3.8, 4) is 0 Å². The lowest BCUT2D eigenvalue weighted by molar-refractivity contribution is 0.227. The van der Waals surface area contributed by atoms with E-state index in [1.54, 1.807) is 0 Å². The van der Waals surface area contributed by atoms with Crippen LogP contribution in [0.2, 0.25) is 0 Å². The molecule has 3 unspecified atom stereocenters. The fourth-order valence-corrected chi connectivity index (χ4v) is 2.76. The van der Waals surface area contributed by atoms with E-state index in [-0.39, 0.29) is 0 Å². The maximum absolute atomic E-state index is 4.14. The molecule has 0 spiro atoms. The Bertz CT molecular complexity index is 362. The smallest absolute Gasteiger partial charge is 0.0300 e. The normalized spacial score (nSPS) is 29.2. The Labute approximate surface area is 105 Å². The van der Waals surface area contributed by atoms with E-state index in [4.69, 9.17) is 0 Å². The van der Waals surface area contributed by atoms with Gasteiger partial charge in [-0.2, -0.15) is 0 Å². The minimum absolute atomic E-state index is 0.686. The molecule has 3 atom stereocenters. The van der Waals surface area contributed by atoms with Crippen molar-refractivity contribution >= 4 is 0 Å². The number of hydrogen-bond donors (Lipinski definition) is 1. The lowest BCUT2D eigenvalue weighted by Crippen LogP contribution is -2.39. The Hall–Kier alpha value is -0.890.